The number of aryl methyl sites for hydroxylation is 2. The molecule has 0 amide bonds. The Hall–Kier alpha value is -1.28. The second-order valence-electron chi connectivity index (χ2n) is 5.78. The Morgan fingerprint density at radius 3 is 2.83 bits per heavy atom. The van der Waals surface area contributed by atoms with Crippen LogP contribution in [-0.2, 0) is 6.42 Å². The third-order valence-corrected chi connectivity index (χ3v) is 4.55. The molecule has 0 bridgehead atoms. The second kappa shape index (κ2) is 4.43. The van der Waals surface area contributed by atoms with Gasteiger partial charge in [0.25, 0.3) is 0 Å². The summed E-state index contributed by atoms with van der Waals surface area (Å²) in [6.07, 6.45) is 4.92. The number of nitrogens with two attached hydrogens (primary N) is 1. The molecule has 2 atom stereocenters. The van der Waals surface area contributed by atoms with Crippen molar-refractivity contribution in [3.05, 3.63) is 35.0 Å². The van der Waals surface area contributed by atoms with Gasteiger partial charge < -0.3 is 10.7 Å². The molecule has 18 heavy (non-hydrogen) atoms. The average Bonchev–Trinajstić information content (AvgIpc) is 2.87. The molecule has 1 aliphatic rings. The smallest absolute Gasteiger partial charge is 0.0488 e. The van der Waals surface area contributed by atoms with E-state index in [4.69, 9.17) is 5.73 Å². The van der Waals surface area contributed by atoms with Gasteiger partial charge >= 0.3 is 0 Å². The molecular formula is C16H22N2. The lowest BCUT2D eigenvalue weighted by molar-refractivity contribution is 0.479. The zero-order valence-corrected chi connectivity index (χ0v) is 11.3. The summed E-state index contributed by atoms with van der Waals surface area (Å²) in [5, 5.41) is 1.40. The largest absolute Gasteiger partial charge is 0.358 e. The molecule has 1 aliphatic carbocycles. The average molecular weight is 242 g/mol. The zero-order valence-electron chi connectivity index (χ0n) is 11.3. The van der Waals surface area contributed by atoms with E-state index in [-0.39, 0.29) is 0 Å². The van der Waals surface area contributed by atoms with Crippen LogP contribution >= 0.6 is 0 Å². The number of aromatic nitrogens is 1. The Balaban J connectivity index is 2.01. The van der Waals surface area contributed by atoms with Crippen molar-refractivity contribution in [2.75, 3.05) is 0 Å². The Labute approximate surface area is 109 Å². The van der Waals surface area contributed by atoms with Crippen LogP contribution in [0.1, 0.15) is 36.1 Å². The maximum absolute atomic E-state index is 6.21. The molecule has 3 N–H and O–H groups in total. The molecule has 2 aromatic rings. The maximum Gasteiger partial charge on any atom is 0.0488 e. The first-order valence-electron chi connectivity index (χ1n) is 6.99. The van der Waals surface area contributed by atoms with Crippen LogP contribution in [0.2, 0.25) is 0 Å². The number of hydrogen-bond donors (Lipinski definition) is 2. The summed E-state index contributed by atoms with van der Waals surface area (Å²) in [5.74, 6) is 0.670. The van der Waals surface area contributed by atoms with Crippen molar-refractivity contribution in [3.8, 4) is 0 Å². The van der Waals surface area contributed by atoms with Crippen LogP contribution in [0.25, 0.3) is 10.9 Å². The van der Waals surface area contributed by atoms with E-state index >= 15 is 0 Å². The minimum absolute atomic E-state index is 0.402. The highest BCUT2D eigenvalue weighted by Crippen LogP contribution is 2.32. The van der Waals surface area contributed by atoms with Gasteiger partial charge in [-0.05, 0) is 50.2 Å². The Morgan fingerprint density at radius 1 is 1.28 bits per heavy atom. The fraction of sp³-hybridized carbons (Fsp3) is 0.500. The van der Waals surface area contributed by atoms with Gasteiger partial charge in [-0.2, -0.15) is 0 Å². The first-order valence-corrected chi connectivity index (χ1v) is 6.99. The first-order chi connectivity index (χ1) is 8.66. The predicted molar refractivity (Wildman–Crippen MR) is 76.8 cm³/mol. The highest BCUT2D eigenvalue weighted by molar-refractivity contribution is 5.87. The van der Waals surface area contributed by atoms with Gasteiger partial charge in [-0.3, -0.25) is 0 Å². The lowest BCUT2D eigenvalue weighted by Gasteiger charge is -2.15. The number of nitrogens with one attached hydrogen (secondary N) is 1. The number of para-hydroxylation sites is 1. The van der Waals surface area contributed by atoms with Crippen LogP contribution in [0.5, 0.6) is 0 Å². The molecule has 0 radical (unpaired) electrons. The molecule has 2 nitrogen and oxygen atoms in total. The van der Waals surface area contributed by atoms with Gasteiger partial charge in [-0.15, -0.1) is 0 Å². The molecule has 96 valence electrons. The second-order valence-corrected chi connectivity index (χ2v) is 5.78. The van der Waals surface area contributed by atoms with E-state index in [9.17, 15) is 0 Å². The summed E-state index contributed by atoms with van der Waals surface area (Å²) in [4.78, 5) is 3.54. The van der Waals surface area contributed by atoms with E-state index in [1.54, 1.807) is 0 Å². The molecule has 1 aromatic carbocycles. The van der Waals surface area contributed by atoms with Crippen molar-refractivity contribution < 1.29 is 0 Å². The minimum atomic E-state index is 0.402. The molecule has 2 heteroatoms. The normalized spacial score (nSPS) is 23.9. The van der Waals surface area contributed by atoms with Crippen LogP contribution in [-0.4, -0.2) is 11.0 Å². The van der Waals surface area contributed by atoms with E-state index in [1.165, 1.54) is 47.0 Å². The lowest BCUT2D eigenvalue weighted by Crippen LogP contribution is -2.25. The monoisotopic (exact) mass is 242 g/mol. The summed E-state index contributed by atoms with van der Waals surface area (Å²) in [7, 11) is 0. The van der Waals surface area contributed by atoms with Gasteiger partial charge in [-0.25, -0.2) is 0 Å². The van der Waals surface area contributed by atoms with Crippen LogP contribution < -0.4 is 5.73 Å². The highest BCUT2D eigenvalue weighted by atomic mass is 14.7. The molecule has 1 heterocycles. The Morgan fingerprint density at radius 2 is 2.11 bits per heavy atom. The van der Waals surface area contributed by atoms with Crippen LogP contribution in [0.4, 0.5) is 0 Å². The van der Waals surface area contributed by atoms with E-state index in [0.29, 0.717) is 12.0 Å². The lowest BCUT2D eigenvalue weighted by atomic mass is 9.93. The summed E-state index contributed by atoms with van der Waals surface area (Å²) in [6, 6.07) is 6.97. The van der Waals surface area contributed by atoms with Gasteiger partial charge in [0.15, 0.2) is 0 Å². The maximum atomic E-state index is 6.21. The summed E-state index contributed by atoms with van der Waals surface area (Å²) < 4.78 is 0. The van der Waals surface area contributed by atoms with E-state index in [0.717, 1.165) is 6.42 Å². The van der Waals surface area contributed by atoms with Gasteiger partial charge in [0.2, 0.25) is 0 Å². The quantitative estimate of drug-likeness (QED) is 0.832. The van der Waals surface area contributed by atoms with Crippen LogP contribution in [0, 0.1) is 19.8 Å². The standard InChI is InChI=1S/C16H22N2/c1-10-5-3-7-13-14(11(2)18-16(10)13)9-12-6-4-8-15(12)17/h3,5,7,12,15,18H,4,6,8-9,17H2,1-2H3. The topological polar surface area (TPSA) is 41.8 Å². The van der Waals surface area contributed by atoms with Crippen molar-refractivity contribution in [2.24, 2.45) is 11.7 Å². The van der Waals surface area contributed by atoms with Crippen molar-refractivity contribution in [1.29, 1.82) is 0 Å². The molecule has 2 unspecified atom stereocenters. The molecule has 3 rings (SSSR count). The van der Waals surface area contributed by atoms with Gasteiger partial charge in [-0.1, -0.05) is 24.6 Å². The third-order valence-electron chi connectivity index (χ3n) is 4.55. The fourth-order valence-electron chi connectivity index (χ4n) is 3.39. The Kier molecular flexibility index (Phi) is 2.90. The number of benzene rings is 1. The van der Waals surface area contributed by atoms with Gasteiger partial charge in [0.05, 0.1) is 0 Å². The SMILES string of the molecule is Cc1[nH]c2c(C)cccc2c1CC1CCCC1N. The summed E-state index contributed by atoms with van der Waals surface area (Å²) in [6.45, 7) is 4.36. The number of fused-ring (bicyclic) bond motifs is 1. The summed E-state index contributed by atoms with van der Waals surface area (Å²) >= 11 is 0. The number of hydrogen-bond acceptors (Lipinski definition) is 1. The molecule has 0 spiro atoms. The molecular weight excluding hydrogens is 220 g/mol. The van der Waals surface area contributed by atoms with E-state index in [1.807, 2.05) is 0 Å². The molecule has 1 fully saturated rings. The molecule has 0 saturated heterocycles. The minimum Gasteiger partial charge on any atom is -0.358 e. The third kappa shape index (κ3) is 1.85. The zero-order chi connectivity index (χ0) is 12.7. The number of rotatable bonds is 2. The first kappa shape index (κ1) is 11.8. The van der Waals surface area contributed by atoms with Crippen LogP contribution in [0.3, 0.4) is 0 Å². The number of H-pyrrole nitrogens is 1. The Bertz CT molecular complexity index is 568. The highest BCUT2D eigenvalue weighted by Gasteiger charge is 2.25. The number of aromatic amines is 1. The molecule has 1 aromatic heterocycles. The van der Waals surface area contributed by atoms with Crippen molar-refractivity contribution in [1.82, 2.24) is 4.98 Å². The van der Waals surface area contributed by atoms with Gasteiger partial charge in [0, 0.05) is 22.6 Å². The van der Waals surface area contributed by atoms with Crippen LogP contribution in [0.15, 0.2) is 18.2 Å². The van der Waals surface area contributed by atoms with Crippen molar-refractivity contribution >= 4 is 10.9 Å². The van der Waals surface area contributed by atoms with E-state index in [2.05, 4.69) is 37.0 Å². The molecule has 0 aliphatic heterocycles. The summed E-state index contributed by atoms with van der Waals surface area (Å²) in [5.41, 5.74) is 11.6. The molecule has 1 saturated carbocycles. The van der Waals surface area contributed by atoms with E-state index < -0.39 is 0 Å². The predicted octanol–water partition coefficient (Wildman–Crippen LogP) is 3.45. The van der Waals surface area contributed by atoms with Gasteiger partial charge in [0.1, 0.15) is 0 Å². The van der Waals surface area contributed by atoms with Crippen molar-refractivity contribution in [3.63, 3.8) is 0 Å². The fourth-order valence-corrected chi connectivity index (χ4v) is 3.39. The van der Waals surface area contributed by atoms with Crippen molar-refractivity contribution in [2.45, 2.75) is 45.6 Å².